The van der Waals surface area contributed by atoms with Crippen LogP contribution in [-0.4, -0.2) is 6.54 Å². The normalized spacial score (nSPS) is 41.0. The largest absolute Gasteiger partial charge is 0.330 e. The van der Waals surface area contributed by atoms with Crippen molar-refractivity contribution in [2.75, 3.05) is 6.54 Å². The average molecular weight is 125 g/mol. The molecule has 2 atom stereocenters. The van der Waals surface area contributed by atoms with Crippen LogP contribution >= 0.6 is 0 Å². The van der Waals surface area contributed by atoms with Crippen LogP contribution in [0.3, 0.4) is 0 Å². The van der Waals surface area contributed by atoms with Gasteiger partial charge in [-0.2, -0.15) is 0 Å². The Bertz CT molecular complexity index is 101. The molecule has 2 fully saturated rings. The third-order valence-corrected chi connectivity index (χ3v) is 2.92. The highest BCUT2D eigenvalue weighted by molar-refractivity contribution is 4.95. The SMILES string of the molecule is NCCC1C[C@@H]2C[C@H]2C1. The summed E-state index contributed by atoms with van der Waals surface area (Å²) in [5, 5.41) is 0. The molecule has 1 heteroatoms. The molecule has 0 spiro atoms. The molecular formula is C8H15N. The lowest BCUT2D eigenvalue weighted by molar-refractivity contribution is 0.459. The fourth-order valence-electron chi connectivity index (χ4n) is 2.31. The predicted octanol–water partition coefficient (Wildman–Crippen LogP) is 1.38. The van der Waals surface area contributed by atoms with E-state index in [0.29, 0.717) is 0 Å². The molecule has 0 aromatic heterocycles. The Morgan fingerprint density at radius 3 is 2.33 bits per heavy atom. The van der Waals surface area contributed by atoms with Crippen LogP contribution in [0.2, 0.25) is 0 Å². The van der Waals surface area contributed by atoms with Crippen molar-refractivity contribution in [3.8, 4) is 0 Å². The van der Waals surface area contributed by atoms with Gasteiger partial charge in [-0.1, -0.05) is 0 Å². The smallest absolute Gasteiger partial charge is 0.00746 e. The second-order valence-corrected chi connectivity index (χ2v) is 3.67. The van der Waals surface area contributed by atoms with Gasteiger partial charge in [-0.25, -0.2) is 0 Å². The first-order valence-corrected chi connectivity index (χ1v) is 4.10. The van der Waals surface area contributed by atoms with E-state index in [-0.39, 0.29) is 0 Å². The maximum absolute atomic E-state index is 5.47. The van der Waals surface area contributed by atoms with Gasteiger partial charge in [0, 0.05) is 0 Å². The molecule has 1 nitrogen and oxygen atoms in total. The summed E-state index contributed by atoms with van der Waals surface area (Å²) in [5.41, 5.74) is 5.47. The first kappa shape index (κ1) is 5.72. The van der Waals surface area contributed by atoms with Gasteiger partial charge in [-0.05, 0) is 50.0 Å². The van der Waals surface area contributed by atoms with E-state index in [2.05, 4.69) is 0 Å². The minimum atomic E-state index is 0.907. The lowest BCUT2D eigenvalue weighted by Gasteiger charge is -2.07. The quantitative estimate of drug-likeness (QED) is 0.593. The van der Waals surface area contributed by atoms with Crippen molar-refractivity contribution in [2.24, 2.45) is 23.5 Å². The third-order valence-electron chi connectivity index (χ3n) is 2.92. The van der Waals surface area contributed by atoms with Crippen LogP contribution in [0.4, 0.5) is 0 Å². The van der Waals surface area contributed by atoms with E-state index in [1.807, 2.05) is 0 Å². The molecule has 2 N–H and O–H groups in total. The Morgan fingerprint density at radius 1 is 1.11 bits per heavy atom. The number of nitrogens with two attached hydrogens (primary N) is 1. The van der Waals surface area contributed by atoms with E-state index in [1.165, 1.54) is 19.3 Å². The number of hydrogen-bond acceptors (Lipinski definition) is 1. The predicted molar refractivity (Wildman–Crippen MR) is 38.0 cm³/mol. The van der Waals surface area contributed by atoms with Gasteiger partial charge < -0.3 is 5.73 Å². The van der Waals surface area contributed by atoms with Gasteiger partial charge in [-0.3, -0.25) is 0 Å². The van der Waals surface area contributed by atoms with E-state index in [1.54, 1.807) is 6.42 Å². The summed E-state index contributed by atoms with van der Waals surface area (Å²) in [7, 11) is 0. The van der Waals surface area contributed by atoms with Gasteiger partial charge in [0.1, 0.15) is 0 Å². The van der Waals surface area contributed by atoms with Crippen molar-refractivity contribution in [1.82, 2.24) is 0 Å². The van der Waals surface area contributed by atoms with Gasteiger partial charge in [-0.15, -0.1) is 0 Å². The summed E-state index contributed by atoms with van der Waals surface area (Å²) in [4.78, 5) is 0. The molecule has 0 bridgehead atoms. The van der Waals surface area contributed by atoms with Crippen LogP contribution in [0, 0.1) is 17.8 Å². The summed E-state index contributed by atoms with van der Waals surface area (Å²) in [5.74, 6) is 3.29. The van der Waals surface area contributed by atoms with Gasteiger partial charge >= 0.3 is 0 Å². The van der Waals surface area contributed by atoms with Crippen LogP contribution in [0.25, 0.3) is 0 Å². The van der Waals surface area contributed by atoms with Crippen molar-refractivity contribution in [3.05, 3.63) is 0 Å². The first-order valence-electron chi connectivity index (χ1n) is 4.10. The maximum Gasteiger partial charge on any atom is -0.00746 e. The zero-order valence-corrected chi connectivity index (χ0v) is 5.84. The van der Waals surface area contributed by atoms with Crippen LogP contribution in [0.15, 0.2) is 0 Å². The van der Waals surface area contributed by atoms with Gasteiger partial charge in [0.25, 0.3) is 0 Å². The standard InChI is InChI=1S/C8H15N/c9-2-1-6-3-7-5-8(7)4-6/h6-8H,1-5,9H2/t7-,8-/m1/s1. The third kappa shape index (κ3) is 0.983. The minimum absolute atomic E-state index is 0.907. The summed E-state index contributed by atoms with van der Waals surface area (Å²) < 4.78 is 0. The number of hydrogen-bond donors (Lipinski definition) is 1. The lowest BCUT2D eigenvalue weighted by Crippen LogP contribution is -2.06. The zero-order chi connectivity index (χ0) is 6.27. The second-order valence-electron chi connectivity index (χ2n) is 3.67. The van der Waals surface area contributed by atoms with Crippen LogP contribution in [0.1, 0.15) is 25.7 Å². The van der Waals surface area contributed by atoms with E-state index < -0.39 is 0 Å². The monoisotopic (exact) mass is 125 g/mol. The molecule has 2 rings (SSSR count). The molecule has 0 unspecified atom stereocenters. The maximum atomic E-state index is 5.47. The molecule has 0 heterocycles. The van der Waals surface area contributed by atoms with Gasteiger partial charge in [0.15, 0.2) is 0 Å². The Balaban J connectivity index is 1.77. The van der Waals surface area contributed by atoms with E-state index in [9.17, 15) is 0 Å². The van der Waals surface area contributed by atoms with Gasteiger partial charge in [0.2, 0.25) is 0 Å². The first-order chi connectivity index (χ1) is 4.40. The molecular weight excluding hydrogens is 110 g/mol. The molecule has 0 saturated heterocycles. The summed E-state index contributed by atoms with van der Waals surface area (Å²) in [6.45, 7) is 0.907. The molecule has 0 amide bonds. The highest BCUT2D eigenvalue weighted by Crippen LogP contribution is 2.54. The van der Waals surface area contributed by atoms with E-state index >= 15 is 0 Å². The number of fused-ring (bicyclic) bond motifs is 1. The highest BCUT2D eigenvalue weighted by Gasteiger charge is 2.45. The minimum Gasteiger partial charge on any atom is -0.330 e. The molecule has 0 aromatic rings. The van der Waals surface area contributed by atoms with Gasteiger partial charge in [0.05, 0.1) is 0 Å². The Hall–Kier alpha value is -0.0400. The zero-order valence-electron chi connectivity index (χ0n) is 5.84. The average Bonchev–Trinajstić information content (AvgIpc) is 2.42. The van der Waals surface area contributed by atoms with Crippen molar-refractivity contribution < 1.29 is 0 Å². The molecule has 2 aliphatic carbocycles. The lowest BCUT2D eigenvalue weighted by atomic mass is 10.0. The molecule has 2 aliphatic rings. The summed E-state index contributed by atoms with van der Waals surface area (Å²) in [6, 6.07) is 0. The van der Waals surface area contributed by atoms with Crippen molar-refractivity contribution in [3.63, 3.8) is 0 Å². The van der Waals surface area contributed by atoms with Crippen LogP contribution in [0.5, 0.6) is 0 Å². The van der Waals surface area contributed by atoms with Crippen molar-refractivity contribution in [1.29, 1.82) is 0 Å². The summed E-state index contributed by atoms with van der Waals surface area (Å²) in [6.07, 6.45) is 5.83. The van der Waals surface area contributed by atoms with E-state index in [4.69, 9.17) is 5.73 Å². The highest BCUT2D eigenvalue weighted by atomic mass is 14.6. The van der Waals surface area contributed by atoms with Crippen molar-refractivity contribution >= 4 is 0 Å². The molecule has 9 heavy (non-hydrogen) atoms. The molecule has 0 aliphatic heterocycles. The Kier molecular flexibility index (Phi) is 1.26. The van der Waals surface area contributed by atoms with Crippen LogP contribution < -0.4 is 5.73 Å². The summed E-state index contributed by atoms with van der Waals surface area (Å²) >= 11 is 0. The Labute approximate surface area is 56.6 Å². The molecule has 2 saturated carbocycles. The molecule has 52 valence electrons. The van der Waals surface area contributed by atoms with Crippen LogP contribution in [-0.2, 0) is 0 Å². The van der Waals surface area contributed by atoms with E-state index in [0.717, 1.165) is 24.3 Å². The van der Waals surface area contributed by atoms with Crippen molar-refractivity contribution in [2.45, 2.75) is 25.7 Å². The fraction of sp³-hybridized carbons (Fsp3) is 1.00. The molecule has 0 radical (unpaired) electrons. The topological polar surface area (TPSA) is 26.0 Å². The molecule has 0 aromatic carbocycles. The number of rotatable bonds is 2. The second kappa shape index (κ2) is 1.98. The fourth-order valence-corrected chi connectivity index (χ4v) is 2.31. The Morgan fingerprint density at radius 2 is 1.78 bits per heavy atom.